The Balaban J connectivity index is 2.05. The summed E-state index contributed by atoms with van der Waals surface area (Å²) < 4.78 is 0. The Morgan fingerprint density at radius 3 is 2.42 bits per heavy atom. The van der Waals surface area contributed by atoms with Crippen LogP contribution in [0.1, 0.15) is 58.8 Å². The zero-order chi connectivity index (χ0) is 19.4. The smallest absolute Gasteiger partial charge is 0.310 e. The molecular formula is C20H30O6. The molecule has 3 saturated carbocycles. The summed E-state index contributed by atoms with van der Waals surface area (Å²) in [6.45, 7) is 3.23. The number of carbonyl (C=O) groups is 3. The highest BCUT2D eigenvalue weighted by atomic mass is 16.4. The van der Waals surface area contributed by atoms with E-state index < -0.39 is 33.7 Å². The third kappa shape index (κ3) is 2.41. The maximum Gasteiger partial charge on any atom is 0.310 e. The predicted molar refractivity (Wildman–Crippen MR) is 93.2 cm³/mol. The van der Waals surface area contributed by atoms with Gasteiger partial charge < -0.3 is 24.9 Å². The van der Waals surface area contributed by atoms with Crippen LogP contribution in [0.15, 0.2) is 0 Å². The van der Waals surface area contributed by atoms with E-state index in [1.165, 1.54) is 0 Å². The third-order valence-corrected chi connectivity index (χ3v) is 8.26. The SMILES string of the molecule is CC1(C(=O)O)CCCC(C)(C2CCC3CC2(C=O)CC3(O)CO)C1C=O. The lowest BCUT2D eigenvalue weighted by atomic mass is 9.46. The Labute approximate surface area is 154 Å². The molecule has 3 N–H and O–H groups in total. The molecule has 0 aromatic carbocycles. The predicted octanol–water partition coefficient (Wildman–Crippen LogP) is 1.81. The molecule has 0 aliphatic heterocycles. The summed E-state index contributed by atoms with van der Waals surface area (Å²) in [5.41, 5.74) is -3.80. The van der Waals surface area contributed by atoms with Gasteiger partial charge in [0.15, 0.2) is 0 Å². The molecule has 3 fully saturated rings. The van der Waals surface area contributed by atoms with Crippen LogP contribution in [0.2, 0.25) is 0 Å². The molecule has 0 amide bonds. The molecule has 0 aromatic heterocycles. The number of hydrogen-bond acceptors (Lipinski definition) is 5. The van der Waals surface area contributed by atoms with E-state index in [-0.39, 0.29) is 24.9 Å². The normalized spacial score (nSPS) is 51.0. The molecule has 2 bridgehead atoms. The van der Waals surface area contributed by atoms with Crippen molar-refractivity contribution < 1.29 is 29.7 Å². The van der Waals surface area contributed by atoms with Crippen LogP contribution in [0.25, 0.3) is 0 Å². The van der Waals surface area contributed by atoms with E-state index in [4.69, 9.17) is 0 Å². The number of carboxylic acids is 1. The number of aldehydes is 2. The zero-order valence-corrected chi connectivity index (χ0v) is 15.6. The van der Waals surface area contributed by atoms with Crippen LogP contribution in [-0.2, 0) is 14.4 Å². The molecule has 3 aliphatic carbocycles. The monoisotopic (exact) mass is 366 g/mol. The number of fused-ring (bicyclic) bond motifs is 2. The van der Waals surface area contributed by atoms with Gasteiger partial charge in [-0.2, -0.15) is 0 Å². The molecule has 6 heteroatoms. The first kappa shape index (κ1) is 19.5. The summed E-state index contributed by atoms with van der Waals surface area (Å²) in [7, 11) is 0. The van der Waals surface area contributed by atoms with Gasteiger partial charge in [0.05, 0.1) is 17.6 Å². The molecule has 6 nitrogen and oxygen atoms in total. The lowest BCUT2D eigenvalue weighted by Gasteiger charge is -2.56. The first-order chi connectivity index (χ1) is 12.1. The van der Waals surface area contributed by atoms with Crippen molar-refractivity contribution in [2.75, 3.05) is 6.61 Å². The van der Waals surface area contributed by atoms with E-state index in [1.54, 1.807) is 6.92 Å². The standard InChI is InChI=1S/C20H30O6/c1-17(6-3-7-18(2,16(24)25)15(17)9-21)14-5-4-13-8-19(14,11-22)10-20(13,26)12-23/h9,11,13-15,23,26H,3-8,10,12H2,1-2H3,(H,24,25). The minimum absolute atomic E-state index is 0.123. The van der Waals surface area contributed by atoms with Gasteiger partial charge in [0.25, 0.3) is 0 Å². The fourth-order valence-corrected chi connectivity index (χ4v) is 6.88. The summed E-state index contributed by atoms with van der Waals surface area (Å²) in [6, 6.07) is 0. The van der Waals surface area contributed by atoms with Gasteiger partial charge in [0.2, 0.25) is 0 Å². The van der Waals surface area contributed by atoms with Crippen molar-refractivity contribution in [1.82, 2.24) is 0 Å². The Bertz CT molecular complexity index is 619. The van der Waals surface area contributed by atoms with Gasteiger partial charge in [-0.15, -0.1) is 0 Å². The minimum atomic E-state index is -1.26. The molecule has 146 valence electrons. The third-order valence-electron chi connectivity index (χ3n) is 8.26. The molecule has 26 heavy (non-hydrogen) atoms. The molecule has 0 aromatic rings. The Kier molecular flexibility index (Phi) is 4.59. The molecule has 7 unspecified atom stereocenters. The molecule has 0 spiro atoms. The van der Waals surface area contributed by atoms with Crippen molar-refractivity contribution in [2.24, 2.45) is 34.0 Å². The van der Waals surface area contributed by atoms with E-state index in [9.17, 15) is 29.7 Å². The van der Waals surface area contributed by atoms with Crippen molar-refractivity contribution in [2.45, 2.75) is 64.4 Å². The fourth-order valence-electron chi connectivity index (χ4n) is 6.88. The van der Waals surface area contributed by atoms with Crippen molar-refractivity contribution in [3.05, 3.63) is 0 Å². The summed E-state index contributed by atoms with van der Waals surface area (Å²) in [5, 5.41) is 30.3. The number of rotatable bonds is 5. The number of aliphatic hydroxyl groups excluding tert-OH is 1. The fraction of sp³-hybridized carbons (Fsp3) is 0.850. The number of aliphatic hydroxyl groups is 2. The molecular weight excluding hydrogens is 336 g/mol. The highest BCUT2D eigenvalue weighted by Crippen LogP contribution is 2.66. The maximum absolute atomic E-state index is 12.2. The number of carboxylic acid groups (broad SMARTS) is 1. The summed E-state index contributed by atoms with van der Waals surface area (Å²) in [6.07, 6.45) is 5.59. The second kappa shape index (κ2) is 6.13. The topological polar surface area (TPSA) is 112 Å². The number of hydrogen-bond donors (Lipinski definition) is 3. The van der Waals surface area contributed by atoms with Gasteiger partial charge in [0.1, 0.15) is 12.6 Å². The van der Waals surface area contributed by atoms with Crippen LogP contribution in [0.5, 0.6) is 0 Å². The van der Waals surface area contributed by atoms with E-state index in [0.717, 1.165) is 12.6 Å². The van der Waals surface area contributed by atoms with Crippen LogP contribution in [-0.4, -0.2) is 46.1 Å². The highest BCUT2D eigenvalue weighted by Gasteiger charge is 2.66. The molecule has 0 radical (unpaired) electrons. The van der Waals surface area contributed by atoms with Gasteiger partial charge in [-0.25, -0.2) is 0 Å². The van der Waals surface area contributed by atoms with E-state index in [1.807, 2.05) is 6.92 Å². The Morgan fingerprint density at radius 1 is 1.19 bits per heavy atom. The maximum atomic E-state index is 12.2. The second-order valence-corrected chi connectivity index (χ2v) is 9.52. The van der Waals surface area contributed by atoms with E-state index in [0.29, 0.717) is 38.5 Å². The zero-order valence-electron chi connectivity index (χ0n) is 15.6. The van der Waals surface area contributed by atoms with Gasteiger partial charge in [0, 0.05) is 11.3 Å². The average molecular weight is 366 g/mol. The quantitative estimate of drug-likeness (QED) is 0.640. The van der Waals surface area contributed by atoms with Crippen molar-refractivity contribution in [3.63, 3.8) is 0 Å². The van der Waals surface area contributed by atoms with Crippen molar-refractivity contribution >= 4 is 18.5 Å². The van der Waals surface area contributed by atoms with Gasteiger partial charge in [-0.05, 0) is 62.7 Å². The summed E-state index contributed by atoms with van der Waals surface area (Å²) in [4.78, 5) is 36.3. The minimum Gasteiger partial charge on any atom is -0.481 e. The molecule has 0 saturated heterocycles. The van der Waals surface area contributed by atoms with Crippen LogP contribution >= 0.6 is 0 Å². The van der Waals surface area contributed by atoms with Crippen molar-refractivity contribution in [1.29, 1.82) is 0 Å². The van der Waals surface area contributed by atoms with Crippen LogP contribution in [0, 0.1) is 34.0 Å². The lowest BCUT2D eigenvalue weighted by Crippen LogP contribution is -2.55. The van der Waals surface area contributed by atoms with Crippen LogP contribution in [0.3, 0.4) is 0 Å². The molecule has 3 aliphatic rings. The Morgan fingerprint density at radius 2 is 1.88 bits per heavy atom. The van der Waals surface area contributed by atoms with Gasteiger partial charge in [-0.1, -0.05) is 13.3 Å². The first-order valence-electron chi connectivity index (χ1n) is 9.60. The molecule has 7 atom stereocenters. The number of carbonyl (C=O) groups excluding carboxylic acids is 2. The van der Waals surface area contributed by atoms with Crippen LogP contribution in [0.4, 0.5) is 0 Å². The largest absolute Gasteiger partial charge is 0.481 e. The highest BCUT2D eigenvalue weighted by molar-refractivity contribution is 5.80. The first-order valence-corrected chi connectivity index (χ1v) is 9.60. The summed E-state index contributed by atoms with van der Waals surface area (Å²) >= 11 is 0. The van der Waals surface area contributed by atoms with Gasteiger partial charge >= 0.3 is 5.97 Å². The average Bonchev–Trinajstić information content (AvgIpc) is 2.83. The van der Waals surface area contributed by atoms with Crippen molar-refractivity contribution in [3.8, 4) is 0 Å². The van der Waals surface area contributed by atoms with Crippen LogP contribution < -0.4 is 0 Å². The summed E-state index contributed by atoms with van der Waals surface area (Å²) in [5.74, 6) is -1.93. The lowest BCUT2D eigenvalue weighted by molar-refractivity contribution is -0.170. The molecule has 3 rings (SSSR count). The second-order valence-electron chi connectivity index (χ2n) is 9.52. The molecule has 0 heterocycles. The van der Waals surface area contributed by atoms with E-state index >= 15 is 0 Å². The Hall–Kier alpha value is -1.27. The van der Waals surface area contributed by atoms with E-state index in [2.05, 4.69) is 0 Å². The number of aliphatic carboxylic acids is 1. The van der Waals surface area contributed by atoms with Gasteiger partial charge in [-0.3, -0.25) is 4.79 Å².